The van der Waals surface area contributed by atoms with Crippen LogP contribution in [-0.4, -0.2) is 91.7 Å². The molecule has 0 radical (unpaired) electrons. The Morgan fingerprint density at radius 3 is 2.30 bits per heavy atom. The van der Waals surface area contributed by atoms with Gasteiger partial charge in [0.1, 0.15) is 5.75 Å². The van der Waals surface area contributed by atoms with Gasteiger partial charge in [-0.25, -0.2) is 0 Å². The van der Waals surface area contributed by atoms with Crippen molar-refractivity contribution in [2.24, 2.45) is 0 Å². The van der Waals surface area contributed by atoms with E-state index in [1.54, 1.807) is 7.11 Å². The van der Waals surface area contributed by atoms with Crippen LogP contribution in [0.5, 0.6) is 5.75 Å². The number of benzene rings is 2. The molecule has 2 aromatic carbocycles. The summed E-state index contributed by atoms with van der Waals surface area (Å²) >= 11 is 0. The van der Waals surface area contributed by atoms with Gasteiger partial charge in [-0.05, 0) is 112 Å². The molecule has 0 spiro atoms. The van der Waals surface area contributed by atoms with Crippen molar-refractivity contribution in [1.82, 2.24) is 20.1 Å². The Hall–Kier alpha value is -3.95. The van der Waals surface area contributed by atoms with Crippen molar-refractivity contribution in [2.75, 3.05) is 57.9 Å². The summed E-state index contributed by atoms with van der Waals surface area (Å²) in [5.74, 6) is 0.781. The molecule has 2 aliphatic rings. The summed E-state index contributed by atoms with van der Waals surface area (Å²) < 4.78 is 10.8. The Bertz CT molecular complexity index is 1460. The van der Waals surface area contributed by atoms with Gasteiger partial charge in [0, 0.05) is 80.6 Å². The lowest BCUT2D eigenvalue weighted by Crippen LogP contribution is -2.48. The molecule has 0 bridgehead atoms. The molecular formula is C37H49N5O4. The molecule has 9 nitrogen and oxygen atoms in total. The number of ether oxygens (including phenoxy) is 2. The predicted octanol–water partition coefficient (Wildman–Crippen LogP) is 5.17. The van der Waals surface area contributed by atoms with Crippen molar-refractivity contribution < 1.29 is 19.1 Å². The number of aryl methyl sites for hydroxylation is 3. The largest absolute Gasteiger partial charge is 0.497 e. The number of amides is 2. The zero-order valence-corrected chi connectivity index (χ0v) is 28.1. The molecule has 9 heteroatoms. The van der Waals surface area contributed by atoms with E-state index < -0.39 is 0 Å². The lowest BCUT2D eigenvalue weighted by atomic mass is 9.97. The second-order valence-electron chi connectivity index (χ2n) is 12.7. The molecule has 1 atom stereocenters. The molecule has 2 amide bonds. The van der Waals surface area contributed by atoms with Gasteiger partial charge in [0.25, 0.3) is 11.8 Å². The van der Waals surface area contributed by atoms with Gasteiger partial charge < -0.3 is 29.5 Å². The number of hydrogen-bond donors (Lipinski definition) is 1. The van der Waals surface area contributed by atoms with E-state index in [1.165, 1.54) is 16.8 Å². The fraction of sp³-hybridized carbons (Fsp3) is 0.486. The number of carbonyl (C=O) groups excluding carboxylic acids is 2. The number of hydrogen-bond acceptors (Lipinski definition) is 7. The monoisotopic (exact) mass is 627 g/mol. The van der Waals surface area contributed by atoms with Crippen LogP contribution in [0.1, 0.15) is 69.2 Å². The fourth-order valence-corrected chi connectivity index (χ4v) is 6.75. The van der Waals surface area contributed by atoms with E-state index >= 15 is 0 Å². The summed E-state index contributed by atoms with van der Waals surface area (Å²) in [6, 6.07) is 14.9. The molecule has 2 saturated heterocycles. The molecule has 246 valence electrons. The van der Waals surface area contributed by atoms with Crippen molar-refractivity contribution in [3.8, 4) is 5.75 Å². The highest BCUT2D eigenvalue weighted by Gasteiger charge is 2.28. The predicted molar refractivity (Wildman–Crippen MR) is 182 cm³/mol. The van der Waals surface area contributed by atoms with Crippen molar-refractivity contribution in [3.05, 3.63) is 88.2 Å². The Morgan fingerprint density at radius 2 is 1.67 bits per heavy atom. The molecule has 2 aliphatic heterocycles. The third-order valence-electron chi connectivity index (χ3n) is 9.61. The summed E-state index contributed by atoms with van der Waals surface area (Å²) in [5.41, 5.74) is 6.64. The van der Waals surface area contributed by atoms with Crippen molar-refractivity contribution in [3.63, 3.8) is 0 Å². The normalized spacial score (nSPS) is 16.6. The SMILES string of the molecule is COc1ccc(N(Cc2cnccc2C)C2CCN(C(C)CCNC(=O)c3c(C)cc(C(=O)N4CCOCC4)cc3C)CC2)cc1. The quantitative estimate of drug-likeness (QED) is 0.314. The van der Waals surface area contributed by atoms with Gasteiger partial charge in [-0.1, -0.05) is 0 Å². The van der Waals surface area contributed by atoms with Gasteiger partial charge in [0.05, 0.1) is 20.3 Å². The molecule has 3 heterocycles. The van der Waals surface area contributed by atoms with Gasteiger partial charge in [0.2, 0.25) is 0 Å². The van der Waals surface area contributed by atoms with Crippen LogP contribution >= 0.6 is 0 Å². The Balaban J connectivity index is 1.14. The highest BCUT2D eigenvalue weighted by molar-refractivity contribution is 6.00. The first kappa shape index (κ1) is 33.4. The van der Waals surface area contributed by atoms with E-state index in [0.29, 0.717) is 56.1 Å². The highest BCUT2D eigenvalue weighted by Crippen LogP contribution is 2.29. The molecule has 2 fully saturated rings. The van der Waals surface area contributed by atoms with Crippen LogP contribution < -0.4 is 15.0 Å². The van der Waals surface area contributed by atoms with E-state index in [-0.39, 0.29) is 11.8 Å². The highest BCUT2D eigenvalue weighted by atomic mass is 16.5. The van der Waals surface area contributed by atoms with Crippen LogP contribution in [0, 0.1) is 20.8 Å². The van der Waals surface area contributed by atoms with Crippen LogP contribution in [0.4, 0.5) is 5.69 Å². The number of piperidine rings is 1. The average Bonchev–Trinajstić information content (AvgIpc) is 3.08. The van der Waals surface area contributed by atoms with Gasteiger partial charge >= 0.3 is 0 Å². The van der Waals surface area contributed by atoms with Gasteiger partial charge in [-0.15, -0.1) is 0 Å². The smallest absolute Gasteiger partial charge is 0.254 e. The van der Waals surface area contributed by atoms with Crippen LogP contribution in [-0.2, 0) is 11.3 Å². The molecule has 0 aliphatic carbocycles. The van der Waals surface area contributed by atoms with Crippen LogP contribution in [0.25, 0.3) is 0 Å². The number of methoxy groups -OCH3 is 1. The van der Waals surface area contributed by atoms with Crippen LogP contribution in [0.2, 0.25) is 0 Å². The number of aromatic nitrogens is 1. The minimum absolute atomic E-state index is 0.00152. The number of pyridine rings is 1. The van der Waals surface area contributed by atoms with E-state index in [1.807, 2.05) is 55.4 Å². The second-order valence-corrected chi connectivity index (χ2v) is 12.7. The molecule has 5 rings (SSSR count). The third-order valence-corrected chi connectivity index (χ3v) is 9.61. The maximum absolute atomic E-state index is 13.2. The fourth-order valence-electron chi connectivity index (χ4n) is 6.75. The standard InChI is InChI=1S/C37H49N5O4/c1-26-10-14-38-24-31(26)25-42(32-6-8-34(45-5)9-7-32)33-12-16-40(17-13-33)29(4)11-15-39-36(43)35-27(2)22-30(23-28(35)3)37(44)41-18-20-46-21-19-41/h6-10,14,22-24,29,33H,11-13,15-21,25H2,1-5H3,(H,39,43). The minimum Gasteiger partial charge on any atom is -0.497 e. The zero-order valence-electron chi connectivity index (χ0n) is 28.1. The molecule has 1 N–H and O–H groups in total. The Kier molecular flexibility index (Phi) is 11.3. The lowest BCUT2D eigenvalue weighted by Gasteiger charge is -2.42. The summed E-state index contributed by atoms with van der Waals surface area (Å²) in [4.78, 5) is 37.5. The minimum atomic E-state index is -0.0768. The number of nitrogens with zero attached hydrogens (tertiary/aromatic N) is 4. The van der Waals surface area contributed by atoms with Gasteiger partial charge in [0.15, 0.2) is 0 Å². The first-order valence-corrected chi connectivity index (χ1v) is 16.6. The Labute approximate surface area is 273 Å². The molecule has 1 unspecified atom stereocenters. The third kappa shape index (κ3) is 8.06. The Morgan fingerprint density at radius 1 is 1.00 bits per heavy atom. The number of rotatable bonds is 11. The van der Waals surface area contributed by atoms with Gasteiger partial charge in [-0.2, -0.15) is 0 Å². The summed E-state index contributed by atoms with van der Waals surface area (Å²) in [6.45, 7) is 14.0. The summed E-state index contributed by atoms with van der Waals surface area (Å²) in [7, 11) is 1.70. The number of carbonyl (C=O) groups is 2. The van der Waals surface area contributed by atoms with Crippen LogP contribution in [0.15, 0.2) is 54.9 Å². The summed E-state index contributed by atoms with van der Waals surface area (Å²) in [5, 5.41) is 3.15. The first-order valence-electron chi connectivity index (χ1n) is 16.6. The molecule has 3 aromatic rings. The van der Waals surface area contributed by atoms with E-state index in [4.69, 9.17) is 9.47 Å². The topological polar surface area (TPSA) is 87.2 Å². The van der Waals surface area contributed by atoms with E-state index in [0.717, 1.165) is 55.8 Å². The zero-order chi connectivity index (χ0) is 32.6. The molecular weight excluding hydrogens is 578 g/mol. The maximum atomic E-state index is 13.2. The second kappa shape index (κ2) is 15.6. The van der Waals surface area contributed by atoms with Crippen molar-refractivity contribution >= 4 is 17.5 Å². The number of nitrogens with one attached hydrogen (secondary N) is 1. The van der Waals surface area contributed by atoms with Crippen LogP contribution in [0.3, 0.4) is 0 Å². The molecule has 1 aromatic heterocycles. The van der Waals surface area contributed by atoms with Gasteiger partial charge in [-0.3, -0.25) is 14.6 Å². The van der Waals surface area contributed by atoms with Crippen molar-refractivity contribution in [2.45, 2.75) is 65.6 Å². The van der Waals surface area contributed by atoms with E-state index in [2.05, 4.69) is 52.1 Å². The first-order chi connectivity index (χ1) is 22.2. The number of likely N-dealkylation sites (tertiary alicyclic amines) is 1. The lowest BCUT2D eigenvalue weighted by molar-refractivity contribution is 0.0302. The maximum Gasteiger partial charge on any atom is 0.254 e. The number of anilines is 1. The average molecular weight is 628 g/mol. The molecule has 46 heavy (non-hydrogen) atoms. The number of morpholine rings is 1. The summed E-state index contributed by atoms with van der Waals surface area (Å²) in [6.07, 6.45) is 6.84. The van der Waals surface area contributed by atoms with E-state index in [9.17, 15) is 9.59 Å². The molecule has 0 saturated carbocycles. The van der Waals surface area contributed by atoms with Crippen molar-refractivity contribution in [1.29, 1.82) is 0 Å².